The Labute approximate surface area is 121 Å². The average molecular weight is 287 g/mol. The van der Waals surface area contributed by atoms with Gasteiger partial charge in [0.2, 0.25) is 0 Å². The summed E-state index contributed by atoms with van der Waals surface area (Å²) in [6, 6.07) is 6.61. The fourth-order valence-corrected chi connectivity index (χ4v) is 2.59. The van der Waals surface area contributed by atoms with Gasteiger partial charge in [-0.3, -0.25) is 4.79 Å². The molecule has 0 radical (unpaired) electrons. The molecule has 5 heteroatoms. The van der Waals surface area contributed by atoms with Gasteiger partial charge in [-0.05, 0) is 38.8 Å². The second-order valence-corrected chi connectivity index (χ2v) is 5.62. The van der Waals surface area contributed by atoms with E-state index in [9.17, 15) is 14.7 Å². The van der Waals surface area contributed by atoms with Crippen molar-refractivity contribution in [2.24, 2.45) is 0 Å². The van der Waals surface area contributed by atoms with E-state index in [1.54, 1.807) is 22.8 Å². The number of ether oxygens (including phenoxy) is 1. The highest BCUT2D eigenvalue weighted by molar-refractivity contribution is 5.93. The number of benzene rings is 1. The Morgan fingerprint density at radius 2 is 2.10 bits per heavy atom. The van der Waals surface area contributed by atoms with Crippen molar-refractivity contribution in [3.05, 3.63) is 40.2 Å². The molecule has 1 N–H and O–H groups in total. The number of rotatable bonds is 4. The highest BCUT2D eigenvalue weighted by atomic mass is 16.5. The number of nitrogens with zero attached hydrogens (tertiary/aromatic N) is 1. The number of hydrogen-bond donors (Lipinski definition) is 1. The zero-order valence-corrected chi connectivity index (χ0v) is 12.0. The molecule has 1 aromatic carbocycles. The van der Waals surface area contributed by atoms with Gasteiger partial charge in [0.05, 0.1) is 11.6 Å². The lowest BCUT2D eigenvalue weighted by molar-refractivity contribution is 0.0684. The number of carboxylic acids is 1. The van der Waals surface area contributed by atoms with E-state index < -0.39 is 5.97 Å². The summed E-state index contributed by atoms with van der Waals surface area (Å²) in [6.07, 6.45) is 1.80. The average Bonchev–Trinajstić information content (AvgIpc) is 3.22. The molecule has 3 rings (SSSR count). The molecule has 1 fully saturated rings. The first-order chi connectivity index (χ1) is 9.99. The number of carbonyl (C=O) groups is 1. The summed E-state index contributed by atoms with van der Waals surface area (Å²) in [4.78, 5) is 23.7. The smallest absolute Gasteiger partial charge is 0.352 e. The van der Waals surface area contributed by atoms with Crippen molar-refractivity contribution in [1.29, 1.82) is 0 Å². The number of aromatic carboxylic acids is 1. The second kappa shape index (κ2) is 4.91. The highest BCUT2D eigenvalue weighted by Crippen LogP contribution is 2.40. The molecule has 0 saturated heterocycles. The number of para-hydroxylation sites is 1. The minimum absolute atomic E-state index is 0.0369. The minimum Gasteiger partial charge on any atom is -0.489 e. The number of aromatic nitrogens is 1. The zero-order chi connectivity index (χ0) is 15.1. The molecule has 0 bridgehead atoms. The molecule has 1 aromatic heterocycles. The van der Waals surface area contributed by atoms with Crippen molar-refractivity contribution in [1.82, 2.24) is 4.57 Å². The molecule has 1 heterocycles. The van der Waals surface area contributed by atoms with Crippen molar-refractivity contribution >= 4 is 16.9 Å². The van der Waals surface area contributed by atoms with Crippen LogP contribution in [-0.2, 0) is 0 Å². The van der Waals surface area contributed by atoms with E-state index in [2.05, 4.69) is 0 Å². The first-order valence-electron chi connectivity index (χ1n) is 7.07. The van der Waals surface area contributed by atoms with Gasteiger partial charge in [0.15, 0.2) is 5.43 Å². The normalized spacial score (nSPS) is 14.6. The van der Waals surface area contributed by atoms with Crippen molar-refractivity contribution in [3.8, 4) is 5.75 Å². The monoisotopic (exact) mass is 287 g/mol. The topological polar surface area (TPSA) is 68.5 Å². The first-order valence-corrected chi connectivity index (χ1v) is 7.07. The van der Waals surface area contributed by atoms with Gasteiger partial charge in [-0.15, -0.1) is 0 Å². The Kier molecular flexibility index (Phi) is 3.20. The maximum Gasteiger partial charge on any atom is 0.352 e. The number of fused-ring (bicyclic) bond motifs is 1. The predicted molar refractivity (Wildman–Crippen MR) is 79.2 cm³/mol. The Morgan fingerprint density at radius 1 is 1.38 bits per heavy atom. The van der Waals surface area contributed by atoms with Crippen LogP contribution in [0.4, 0.5) is 0 Å². The molecule has 0 amide bonds. The fourth-order valence-electron chi connectivity index (χ4n) is 2.59. The summed E-state index contributed by atoms with van der Waals surface area (Å²) >= 11 is 0. The largest absolute Gasteiger partial charge is 0.489 e. The van der Waals surface area contributed by atoms with Gasteiger partial charge in [0, 0.05) is 17.5 Å². The molecule has 0 unspecified atom stereocenters. The van der Waals surface area contributed by atoms with E-state index in [1.165, 1.54) is 6.07 Å². The van der Waals surface area contributed by atoms with E-state index in [0.717, 1.165) is 12.8 Å². The number of pyridine rings is 1. The van der Waals surface area contributed by atoms with Crippen molar-refractivity contribution < 1.29 is 14.6 Å². The molecule has 0 aliphatic heterocycles. The SMILES string of the molecule is CC(C)Oc1cccc2c(=O)cc(C(=O)O)n(C3CC3)c12. The standard InChI is InChI=1S/C16H17NO4/c1-9(2)21-14-5-3-4-11-13(18)8-12(16(19)20)17(15(11)14)10-6-7-10/h3-5,8-10H,6-7H2,1-2H3,(H,19,20). The summed E-state index contributed by atoms with van der Waals surface area (Å²) in [6.45, 7) is 3.80. The van der Waals surface area contributed by atoms with Crippen molar-refractivity contribution in [2.45, 2.75) is 38.8 Å². The van der Waals surface area contributed by atoms with Crippen LogP contribution in [0.5, 0.6) is 5.75 Å². The van der Waals surface area contributed by atoms with Gasteiger partial charge < -0.3 is 14.4 Å². The molecule has 2 aromatic rings. The number of hydrogen-bond acceptors (Lipinski definition) is 3. The Balaban J connectivity index is 2.39. The van der Waals surface area contributed by atoms with Gasteiger partial charge in [-0.1, -0.05) is 6.07 Å². The zero-order valence-electron chi connectivity index (χ0n) is 12.0. The summed E-state index contributed by atoms with van der Waals surface area (Å²) in [5.41, 5.74) is 0.349. The summed E-state index contributed by atoms with van der Waals surface area (Å²) in [5, 5.41) is 9.90. The van der Waals surface area contributed by atoms with Crippen LogP contribution in [0.3, 0.4) is 0 Å². The maximum absolute atomic E-state index is 12.2. The van der Waals surface area contributed by atoms with Crippen LogP contribution >= 0.6 is 0 Å². The lowest BCUT2D eigenvalue weighted by atomic mass is 10.1. The fraction of sp³-hybridized carbons (Fsp3) is 0.375. The van der Waals surface area contributed by atoms with Crippen LogP contribution in [0.15, 0.2) is 29.1 Å². The molecule has 0 spiro atoms. The Morgan fingerprint density at radius 3 is 2.67 bits per heavy atom. The summed E-state index contributed by atoms with van der Waals surface area (Å²) in [5.74, 6) is -0.519. The van der Waals surface area contributed by atoms with Crippen LogP contribution in [0.1, 0.15) is 43.2 Å². The Hall–Kier alpha value is -2.30. The van der Waals surface area contributed by atoms with Gasteiger partial charge in [0.25, 0.3) is 0 Å². The van der Waals surface area contributed by atoms with Crippen molar-refractivity contribution in [3.63, 3.8) is 0 Å². The summed E-state index contributed by atoms with van der Waals surface area (Å²) < 4.78 is 7.53. The van der Waals surface area contributed by atoms with E-state index in [0.29, 0.717) is 16.7 Å². The third-order valence-corrected chi connectivity index (χ3v) is 3.53. The lowest BCUT2D eigenvalue weighted by Crippen LogP contribution is -2.19. The minimum atomic E-state index is -1.08. The molecule has 21 heavy (non-hydrogen) atoms. The molecule has 1 saturated carbocycles. The van der Waals surface area contributed by atoms with Crippen LogP contribution in [0, 0.1) is 0 Å². The van der Waals surface area contributed by atoms with E-state index in [4.69, 9.17) is 4.74 Å². The predicted octanol–water partition coefficient (Wildman–Crippen LogP) is 2.82. The van der Waals surface area contributed by atoms with Crippen LogP contribution in [-0.4, -0.2) is 21.7 Å². The van der Waals surface area contributed by atoms with Crippen LogP contribution < -0.4 is 10.2 Å². The van der Waals surface area contributed by atoms with Gasteiger partial charge in [-0.2, -0.15) is 0 Å². The summed E-state index contributed by atoms with van der Waals surface area (Å²) in [7, 11) is 0. The molecule has 1 aliphatic carbocycles. The van der Waals surface area contributed by atoms with E-state index in [1.807, 2.05) is 13.8 Å². The lowest BCUT2D eigenvalue weighted by Gasteiger charge is -2.18. The quantitative estimate of drug-likeness (QED) is 0.938. The molecular weight excluding hydrogens is 270 g/mol. The maximum atomic E-state index is 12.2. The third-order valence-electron chi connectivity index (χ3n) is 3.53. The molecule has 5 nitrogen and oxygen atoms in total. The number of carboxylic acid groups (broad SMARTS) is 1. The van der Waals surface area contributed by atoms with E-state index >= 15 is 0 Å². The molecular formula is C16H17NO4. The van der Waals surface area contributed by atoms with E-state index in [-0.39, 0.29) is 23.3 Å². The molecule has 0 atom stereocenters. The highest BCUT2D eigenvalue weighted by Gasteiger charge is 2.30. The Bertz CT molecular complexity index is 772. The molecule has 1 aliphatic rings. The molecule has 110 valence electrons. The second-order valence-electron chi connectivity index (χ2n) is 5.62. The van der Waals surface area contributed by atoms with Gasteiger partial charge in [0.1, 0.15) is 11.4 Å². The third kappa shape index (κ3) is 2.39. The van der Waals surface area contributed by atoms with Gasteiger partial charge >= 0.3 is 5.97 Å². The first kappa shape index (κ1) is 13.7. The van der Waals surface area contributed by atoms with Crippen molar-refractivity contribution in [2.75, 3.05) is 0 Å². The van der Waals surface area contributed by atoms with Gasteiger partial charge in [-0.25, -0.2) is 4.79 Å². The van der Waals surface area contributed by atoms with Crippen LogP contribution in [0.25, 0.3) is 10.9 Å². The van der Waals surface area contributed by atoms with Crippen LogP contribution in [0.2, 0.25) is 0 Å².